The molecule has 1 atom stereocenters. The molecule has 0 spiro atoms. The minimum atomic E-state index is -4.40. The third-order valence-electron chi connectivity index (χ3n) is 4.20. The average Bonchev–Trinajstić information content (AvgIpc) is 2.57. The van der Waals surface area contributed by atoms with Crippen molar-refractivity contribution in [2.24, 2.45) is 10.7 Å². The molecule has 1 fully saturated rings. The van der Waals surface area contributed by atoms with Crippen molar-refractivity contribution in [1.82, 2.24) is 9.62 Å². The SMILES string of the molecule is CS(=O)(=O)N1CCCCC1CNC(N)=NCc1cccc(C(F)(F)F)c1.I. The van der Waals surface area contributed by atoms with Gasteiger partial charge in [-0.2, -0.15) is 17.5 Å². The Morgan fingerprint density at radius 3 is 2.70 bits per heavy atom. The molecule has 1 aromatic carbocycles. The lowest BCUT2D eigenvalue weighted by Gasteiger charge is -2.33. The molecule has 154 valence electrons. The second kappa shape index (κ2) is 9.92. The minimum Gasteiger partial charge on any atom is -0.370 e. The Hall–Kier alpha value is -1.08. The first kappa shape index (κ1) is 24.0. The Morgan fingerprint density at radius 1 is 1.37 bits per heavy atom. The number of nitrogens with two attached hydrogens (primary N) is 1. The number of nitrogens with one attached hydrogen (secondary N) is 1. The molecule has 1 saturated heterocycles. The first-order valence-corrected chi connectivity index (χ1v) is 10.1. The summed E-state index contributed by atoms with van der Waals surface area (Å²) in [6.45, 7) is 0.792. The van der Waals surface area contributed by atoms with Gasteiger partial charge in [0.15, 0.2) is 5.96 Å². The maximum absolute atomic E-state index is 12.7. The van der Waals surface area contributed by atoms with E-state index in [9.17, 15) is 21.6 Å². The van der Waals surface area contributed by atoms with Crippen molar-refractivity contribution in [2.75, 3.05) is 19.3 Å². The van der Waals surface area contributed by atoms with Gasteiger partial charge >= 0.3 is 6.18 Å². The highest BCUT2D eigenvalue weighted by Crippen LogP contribution is 2.29. The third kappa shape index (κ3) is 7.45. The van der Waals surface area contributed by atoms with Gasteiger partial charge in [-0.3, -0.25) is 0 Å². The van der Waals surface area contributed by atoms with E-state index in [1.807, 2.05) is 0 Å². The summed E-state index contributed by atoms with van der Waals surface area (Å²) >= 11 is 0. The van der Waals surface area contributed by atoms with E-state index < -0.39 is 21.8 Å². The van der Waals surface area contributed by atoms with Crippen LogP contribution in [-0.4, -0.2) is 44.1 Å². The zero-order chi connectivity index (χ0) is 19.4. The van der Waals surface area contributed by atoms with Gasteiger partial charge in [-0.1, -0.05) is 18.6 Å². The maximum atomic E-state index is 12.7. The molecular formula is C16H24F3IN4O2S. The fourth-order valence-corrected chi connectivity index (χ4v) is 4.10. The highest BCUT2D eigenvalue weighted by Gasteiger charge is 2.30. The molecule has 0 amide bonds. The molecule has 27 heavy (non-hydrogen) atoms. The summed E-state index contributed by atoms with van der Waals surface area (Å²) in [5.74, 6) is 0.0708. The molecule has 1 aromatic rings. The zero-order valence-corrected chi connectivity index (χ0v) is 18.0. The van der Waals surface area contributed by atoms with Crippen molar-refractivity contribution in [2.45, 2.75) is 38.0 Å². The lowest BCUT2D eigenvalue weighted by atomic mass is 10.1. The van der Waals surface area contributed by atoms with Gasteiger partial charge in [0, 0.05) is 19.1 Å². The van der Waals surface area contributed by atoms with Gasteiger partial charge in [-0.25, -0.2) is 13.4 Å². The van der Waals surface area contributed by atoms with E-state index in [4.69, 9.17) is 5.73 Å². The van der Waals surface area contributed by atoms with Crippen molar-refractivity contribution in [3.8, 4) is 0 Å². The highest BCUT2D eigenvalue weighted by molar-refractivity contribution is 14.0. The van der Waals surface area contributed by atoms with Crippen molar-refractivity contribution in [3.63, 3.8) is 0 Å². The smallest absolute Gasteiger partial charge is 0.370 e. The lowest BCUT2D eigenvalue weighted by molar-refractivity contribution is -0.137. The fourth-order valence-electron chi connectivity index (χ4n) is 2.92. The van der Waals surface area contributed by atoms with Gasteiger partial charge in [0.1, 0.15) is 0 Å². The van der Waals surface area contributed by atoms with E-state index in [-0.39, 0.29) is 42.5 Å². The summed E-state index contributed by atoms with van der Waals surface area (Å²) < 4.78 is 63.2. The lowest BCUT2D eigenvalue weighted by Crippen LogP contribution is -2.50. The summed E-state index contributed by atoms with van der Waals surface area (Å²) in [6.07, 6.45) is -0.751. The van der Waals surface area contributed by atoms with E-state index >= 15 is 0 Å². The number of benzene rings is 1. The Kier molecular flexibility index (Phi) is 8.80. The molecule has 0 aromatic heterocycles. The predicted octanol–water partition coefficient (Wildman–Crippen LogP) is 2.54. The minimum absolute atomic E-state index is 0. The molecule has 2 rings (SSSR count). The number of piperidine rings is 1. The first-order valence-electron chi connectivity index (χ1n) is 8.24. The zero-order valence-electron chi connectivity index (χ0n) is 14.9. The standard InChI is InChI=1S/C16H23F3N4O2S.HI/c1-26(24,25)23-8-3-2-7-14(23)11-22-15(20)21-10-12-5-4-6-13(9-12)16(17,18)19;/h4-6,9,14H,2-3,7-8,10-11H2,1H3,(H3,20,21,22);1H. The van der Waals surface area contributed by atoms with Gasteiger partial charge in [-0.05, 0) is 30.5 Å². The molecule has 0 saturated carbocycles. The van der Waals surface area contributed by atoms with Crippen molar-refractivity contribution in [3.05, 3.63) is 35.4 Å². The van der Waals surface area contributed by atoms with Crippen LogP contribution in [0.5, 0.6) is 0 Å². The molecule has 1 aliphatic heterocycles. The summed E-state index contributed by atoms with van der Waals surface area (Å²) in [7, 11) is -3.29. The summed E-state index contributed by atoms with van der Waals surface area (Å²) in [5, 5.41) is 2.87. The van der Waals surface area contributed by atoms with Crippen molar-refractivity contribution >= 4 is 40.0 Å². The highest BCUT2D eigenvalue weighted by atomic mass is 127. The maximum Gasteiger partial charge on any atom is 0.416 e. The van der Waals surface area contributed by atoms with Gasteiger partial charge in [0.2, 0.25) is 10.0 Å². The number of nitrogens with zero attached hydrogens (tertiary/aromatic N) is 2. The summed E-state index contributed by atoms with van der Waals surface area (Å²) in [5.41, 5.74) is 5.42. The Morgan fingerprint density at radius 2 is 2.07 bits per heavy atom. The number of alkyl halides is 3. The summed E-state index contributed by atoms with van der Waals surface area (Å²) in [4.78, 5) is 4.04. The van der Waals surface area contributed by atoms with E-state index in [1.165, 1.54) is 16.6 Å². The van der Waals surface area contributed by atoms with Gasteiger partial charge in [0.25, 0.3) is 0 Å². The van der Waals surface area contributed by atoms with Crippen LogP contribution in [0.3, 0.4) is 0 Å². The van der Waals surface area contributed by atoms with Crippen LogP contribution in [0, 0.1) is 0 Å². The Labute approximate surface area is 174 Å². The van der Waals surface area contributed by atoms with Gasteiger partial charge in [-0.15, -0.1) is 24.0 Å². The topological polar surface area (TPSA) is 87.8 Å². The molecule has 0 bridgehead atoms. The number of rotatable bonds is 5. The molecule has 1 unspecified atom stereocenters. The molecule has 11 heteroatoms. The first-order chi connectivity index (χ1) is 12.1. The second-order valence-corrected chi connectivity index (χ2v) is 8.24. The van der Waals surface area contributed by atoms with E-state index in [1.54, 1.807) is 6.07 Å². The van der Waals surface area contributed by atoms with Gasteiger partial charge < -0.3 is 11.1 Å². The normalized spacial score (nSPS) is 19.4. The van der Waals surface area contributed by atoms with E-state index in [0.717, 1.165) is 31.4 Å². The van der Waals surface area contributed by atoms with E-state index in [2.05, 4.69) is 10.3 Å². The largest absolute Gasteiger partial charge is 0.416 e. The van der Waals surface area contributed by atoms with Crippen LogP contribution in [0.15, 0.2) is 29.3 Å². The van der Waals surface area contributed by atoms with Crippen LogP contribution in [0.4, 0.5) is 13.2 Å². The number of guanidine groups is 1. The number of aliphatic imine (C=N–C) groups is 1. The quantitative estimate of drug-likeness (QED) is 0.355. The molecule has 0 aliphatic carbocycles. The molecular weight excluding hydrogens is 496 g/mol. The molecule has 1 heterocycles. The monoisotopic (exact) mass is 520 g/mol. The van der Waals surface area contributed by atoms with Crippen LogP contribution in [-0.2, 0) is 22.7 Å². The van der Waals surface area contributed by atoms with Crippen LogP contribution in [0.1, 0.15) is 30.4 Å². The predicted molar refractivity (Wildman–Crippen MR) is 109 cm³/mol. The van der Waals surface area contributed by atoms with Gasteiger partial charge in [0.05, 0.1) is 18.4 Å². The van der Waals surface area contributed by atoms with Crippen molar-refractivity contribution < 1.29 is 21.6 Å². The number of halogens is 4. The van der Waals surface area contributed by atoms with E-state index in [0.29, 0.717) is 18.7 Å². The number of hydrogen-bond acceptors (Lipinski definition) is 3. The van der Waals surface area contributed by atoms with Crippen LogP contribution < -0.4 is 11.1 Å². The Bertz CT molecular complexity index is 756. The van der Waals surface area contributed by atoms with Crippen LogP contribution in [0.25, 0.3) is 0 Å². The average molecular weight is 520 g/mol. The number of sulfonamides is 1. The molecule has 0 radical (unpaired) electrons. The summed E-state index contributed by atoms with van der Waals surface area (Å²) in [6, 6.07) is 4.68. The molecule has 1 aliphatic rings. The Balaban J connectivity index is 0.00000364. The fraction of sp³-hybridized carbons (Fsp3) is 0.562. The molecule has 6 nitrogen and oxygen atoms in total. The second-order valence-electron chi connectivity index (χ2n) is 6.30. The van der Waals surface area contributed by atoms with Crippen molar-refractivity contribution in [1.29, 1.82) is 0 Å². The number of hydrogen-bond donors (Lipinski definition) is 2. The third-order valence-corrected chi connectivity index (χ3v) is 5.54. The van der Waals surface area contributed by atoms with Crippen LogP contribution >= 0.6 is 24.0 Å². The molecule has 3 N–H and O–H groups in total. The van der Waals surface area contributed by atoms with Crippen LogP contribution in [0.2, 0.25) is 0 Å².